The molecule has 1 aromatic heterocycles. The Labute approximate surface area is 120 Å². The predicted octanol–water partition coefficient (Wildman–Crippen LogP) is 3.42. The molecular weight excluding hydrogens is 287 g/mol. The van der Waals surface area contributed by atoms with E-state index >= 15 is 0 Å². The number of anilines is 1. The van der Waals surface area contributed by atoms with E-state index in [0.29, 0.717) is 26.7 Å². The zero-order valence-electron chi connectivity index (χ0n) is 9.98. The molecule has 0 aliphatic heterocycles. The van der Waals surface area contributed by atoms with Crippen LogP contribution in [0.2, 0.25) is 10.0 Å². The normalized spacial score (nSPS) is 10.3. The largest absolute Gasteiger partial charge is 0.465 e. The fourth-order valence-corrected chi connectivity index (χ4v) is 2.03. The summed E-state index contributed by atoms with van der Waals surface area (Å²) < 4.78 is 4.64. The van der Waals surface area contributed by atoms with E-state index in [1.54, 1.807) is 24.3 Å². The van der Waals surface area contributed by atoms with E-state index in [1.807, 2.05) is 0 Å². The second-order valence-corrected chi connectivity index (χ2v) is 4.53. The van der Waals surface area contributed by atoms with Crippen LogP contribution in [0.4, 0.5) is 5.82 Å². The molecule has 0 spiro atoms. The van der Waals surface area contributed by atoms with Gasteiger partial charge in [-0.25, -0.2) is 9.78 Å². The van der Waals surface area contributed by atoms with Crippen LogP contribution in [-0.2, 0) is 4.74 Å². The highest BCUT2D eigenvalue weighted by atomic mass is 35.5. The molecule has 0 aliphatic carbocycles. The van der Waals surface area contributed by atoms with Gasteiger partial charge in [-0.3, -0.25) is 0 Å². The van der Waals surface area contributed by atoms with Gasteiger partial charge in [0, 0.05) is 17.3 Å². The number of nitrogen functional groups attached to an aromatic ring is 1. The van der Waals surface area contributed by atoms with Gasteiger partial charge in [-0.1, -0.05) is 35.3 Å². The van der Waals surface area contributed by atoms with Gasteiger partial charge in [-0.15, -0.1) is 0 Å². The highest BCUT2D eigenvalue weighted by Gasteiger charge is 2.14. The van der Waals surface area contributed by atoms with E-state index in [-0.39, 0.29) is 5.82 Å². The molecule has 0 saturated heterocycles. The van der Waals surface area contributed by atoms with Gasteiger partial charge in [0.05, 0.1) is 22.7 Å². The lowest BCUT2D eigenvalue weighted by Crippen LogP contribution is -2.04. The van der Waals surface area contributed by atoms with Crippen molar-refractivity contribution in [3.05, 3.63) is 46.1 Å². The lowest BCUT2D eigenvalue weighted by atomic mass is 10.0. The Balaban J connectivity index is 2.61. The minimum atomic E-state index is -0.494. The Morgan fingerprint density at radius 2 is 2.05 bits per heavy atom. The van der Waals surface area contributed by atoms with Crippen LogP contribution in [0.3, 0.4) is 0 Å². The predicted molar refractivity (Wildman–Crippen MR) is 75.4 cm³/mol. The van der Waals surface area contributed by atoms with Crippen LogP contribution >= 0.6 is 23.2 Å². The number of nitrogens with zero attached hydrogens (tertiary/aromatic N) is 1. The number of carbonyl (C=O) groups excluding carboxylic acids is 1. The lowest BCUT2D eigenvalue weighted by molar-refractivity contribution is 0.0600. The van der Waals surface area contributed by atoms with Crippen molar-refractivity contribution in [1.29, 1.82) is 0 Å². The third-order valence-electron chi connectivity index (χ3n) is 2.58. The van der Waals surface area contributed by atoms with Crippen molar-refractivity contribution < 1.29 is 9.53 Å². The second-order valence-electron chi connectivity index (χ2n) is 3.75. The summed E-state index contributed by atoms with van der Waals surface area (Å²) in [6.07, 6.45) is 1.35. The van der Waals surface area contributed by atoms with Crippen LogP contribution in [0.25, 0.3) is 11.1 Å². The standard InChI is InChI=1S/C13H10Cl2N2O2/c1-19-13(18)7-5-9(12(16)17-6-7)8-3-2-4-10(14)11(8)15/h2-6H,1H3,(H2,16,17). The molecule has 0 atom stereocenters. The molecule has 1 heterocycles. The van der Waals surface area contributed by atoms with E-state index in [2.05, 4.69) is 9.72 Å². The molecule has 1 aromatic carbocycles. The quantitative estimate of drug-likeness (QED) is 0.862. The Kier molecular flexibility index (Phi) is 3.93. The minimum Gasteiger partial charge on any atom is -0.465 e. The van der Waals surface area contributed by atoms with E-state index in [0.717, 1.165) is 0 Å². The van der Waals surface area contributed by atoms with Gasteiger partial charge in [0.15, 0.2) is 0 Å². The average Bonchev–Trinajstić information content (AvgIpc) is 2.42. The van der Waals surface area contributed by atoms with Crippen molar-refractivity contribution in [2.24, 2.45) is 0 Å². The maximum absolute atomic E-state index is 11.5. The molecule has 0 saturated carbocycles. The zero-order valence-corrected chi connectivity index (χ0v) is 11.5. The van der Waals surface area contributed by atoms with Gasteiger partial charge in [-0.2, -0.15) is 0 Å². The van der Waals surface area contributed by atoms with Crippen molar-refractivity contribution >= 4 is 35.0 Å². The van der Waals surface area contributed by atoms with Gasteiger partial charge >= 0.3 is 5.97 Å². The summed E-state index contributed by atoms with van der Waals surface area (Å²) in [7, 11) is 1.30. The van der Waals surface area contributed by atoms with E-state index < -0.39 is 5.97 Å². The van der Waals surface area contributed by atoms with Crippen LogP contribution in [0, 0.1) is 0 Å². The number of rotatable bonds is 2. The van der Waals surface area contributed by atoms with Crippen LogP contribution in [0.5, 0.6) is 0 Å². The average molecular weight is 297 g/mol. The van der Waals surface area contributed by atoms with Crippen LogP contribution in [-0.4, -0.2) is 18.1 Å². The second kappa shape index (κ2) is 5.47. The van der Waals surface area contributed by atoms with Crippen LogP contribution in [0.1, 0.15) is 10.4 Å². The third kappa shape index (κ3) is 2.64. The topological polar surface area (TPSA) is 65.2 Å². The fraction of sp³-hybridized carbons (Fsp3) is 0.0769. The van der Waals surface area contributed by atoms with Crippen LogP contribution < -0.4 is 5.73 Å². The number of methoxy groups -OCH3 is 1. The Hall–Kier alpha value is -1.78. The maximum Gasteiger partial charge on any atom is 0.339 e. The summed E-state index contributed by atoms with van der Waals surface area (Å²) in [6, 6.07) is 6.74. The molecule has 4 nitrogen and oxygen atoms in total. The first kappa shape index (κ1) is 13.6. The van der Waals surface area contributed by atoms with Crippen molar-refractivity contribution in [1.82, 2.24) is 4.98 Å². The highest BCUT2D eigenvalue weighted by Crippen LogP contribution is 2.35. The summed E-state index contributed by atoms with van der Waals surface area (Å²) in [5, 5.41) is 0.765. The van der Waals surface area contributed by atoms with Gasteiger partial charge in [0.25, 0.3) is 0 Å². The van der Waals surface area contributed by atoms with Crippen molar-refractivity contribution in [3.63, 3.8) is 0 Å². The first-order valence-corrected chi connectivity index (χ1v) is 6.08. The smallest absolute Gasteiger partial charge is 0.339 e. The molecule has 0 unspecified atom stereocenters. The molecule has 0 aliphatic rings. The van der Waals surface area contributed by atoms with Gasteiger partial charge in [0.1, 0.15) is 5.82 Å². The third-order valence-corrected chi connectivity index (χ3v) is 3.40. The molecule has 2 rings (SSSR count). The number of carbonyl (C=O) groups is 1. The summed E-state index contributed by atoms with van der Waals surface area (Å²) in [5.41, 5.74) is 7.26. The van der Waals surface area contributed by atoms with Crippen molar-refractivity contribution in [2.45, 2.75) is 0 Å². The highest BCUT2D eigenvalue weighted by molar-refractivity contribution is 6.43. The monoisotopic (exact) mass is 296 g/mol. The van der Waals surface area contributed by atoms with Gasteiger partial charge in [-0.05, 0) is 12.1 Å². The number of pyridine rings is 1. The zero-order chi connectivity index (χ0) is 14.0. The Bertz CT molecular complexity index is 645. The lowest BCUT2D eigenvalue weighted by Gasteiger charge is -2.09. The minimum absolute atomic E-state index is 0.261. The summed E-state index contributed by atoms with van der Waals surface area (Å²) in [6.45, 7) is 0. The van der Waals surface area contributed by atoms with Gasteiger partial charge in [0.2, 0.25) is 0 Å². The molecule has 19 heavy (non-hydrogen) atoms. The molecule has 0 fully saturated rings. The Morgan fingerprint density at radius 1 is 1.32 bits per heavy atom. The summed E-state index contributed by atoms with van der Waals surface area (Å²) in [4.78, 5) is 15.5. The molecule has 6 heteroatoms. The first-order chi connectivity index (χ1) is 9.04. The molecule has 0 radical (unpaired) electrons. The number of hydrogen-bond donors (Lipinski definition) is 1. The van der Waals surface area contributed by atoms with Crippen molar-refractivity contribution in [3.8, 4) is 11.1 Å². The van der Waals surface area contributed by atoms with Crippen LogP contribution in [0.15, 0.2) is 30.5 Å². The number of esters is 1. The summed E-state index contributed by atoms with van der Waals surface area (Å²) in [5.74, 6) is -0.233. The fourth-order valence-electron chi connectivity index (χ4n) is 1.63. The van der Waals surface area contributed by atoms with E-state index in [9.17, 15) is 4.79 Å². The molecular formula is C13H10Cl2N2O2. The number of halogens is 2. The first-order valence-electron chi connectivity index (χ1n) is 5.32. The number of benzene rings is 1. The number of aromatic nitrogens is 1. The number of hydrogen-bond acceptors (Lipinski definition) is 4. The van der Waals surface area contributed by atoms with E-state index in [1.165, 1.54) is 13.3 Å². The molecule has 98 valence electrons. The molecule has 2 aromatic rings. The number of ether oxygens (including phenoxy) is 1. The van der Waals surface area contributed by atoms with Gasteiger partial charge < -0.3 is 10.5 Å². The molecule has 0 bridgehead atoms. The SMILES string of the molecule is COC(=O)c1cnc(N)c(-c2cccc(Cl)c2Cl)c1. The summed E-state index contributed by atoms with van der Waals surface area (Å²) >= 11 is 12.1. The molecule has 0 amide bonds. The molecule has 2 N–H and O–H groups in total. The number of nitrogens with two attached hydrogens (primary N) is 1. The van der Waals surface area contributed by atoms with E-state index in [4.69, 9.17) is 28.9 Å². The maximum atomic E-state index is 11.5. The Morgan fingerprint density at radius 3 is 2.74 bits per heavy atom. The van der Waals surface area contributed by atoms with Crippen molar-refractivity contribution in [2.75, 3.05) is 12.8 Å².